The Morgan fingerprint density at radius 3 is 2.04 bits per heavy atom. The lowest BCUT2D eigenvalue weighted by molar-refractivity contribution is 0.0978. The number of carbonyl (C=O) groups excluding carboxylic acids is 3. The Bertz CT molecular complexity index is 1070. The number of carbonyl (C=O) groups is 3. The lowest BCUT2D eigenvalue weighted by Gasteiger charge is -2.21. The van der Waals surface area contributed by atoms with E-state index in [2.05, 4.69) is 5.32 Å². The maximum atomic E-state index is 13.0. The number of hydrogen-bond acceptors (Lipinski definition) is 4. The van der Waals surface area contributed by atoms with Crippen LogP contribution in [0.1, 0.15) is 42.2 Å². The summed E-state index contributed by atoms with van der Waals surface area (Å²) >= 11 is 0. The van der Waals surface area contributed by atoms with E-state index in [9.17, 15) is 14.4 Å². The first-order valence-corrected chi connectivity index (χ1v) is 8.05. The zero-order valence-corrected chi connectivity index (χ0v) is 13.7. The normalized spacial score (nSPS) is 12.3. The van der Waals surface area contributed by atoms with Gasteiger partial charge in [-0.15, -0.1) is 0 Å². The molecule has 0 saturated carbocycles. The van der Waals surface area contributed by atoms with E-state index >= 15 is 0 Å². The molecule has 1 amide bonds. The number of amides is 1. The molecular weight excluding hydrogens is 328 g/mol. The highest BCUT2D eigenvalue weighted by Gasteiger charge is 2.32. The third-order valence-electron chi connectivity index (χ3n) is 4.40. The van der Waals surface area contributed by atoms with Crippen LogP contribution in [0.15, 0.2) is 66.7 Å². The van der Waals surface area contributed by atoms with Crippen molar-refractivity contribution in [3.05, 3.63) is 94.5 Å². The molecule has 0 spiro atoms. The Morgan fingerprint density at radius 1 is 0.731 bits per heavy atom. The average molecular weight is 342 g/mol. The fraction of sp³-hybridized carbons (Fsp3) is 0. The Hall–Kier alpha value is -3.73. The van der Waals surface area contributed by atoms with Gasteiger partial charge in [0.2, 0.25) is 0 Å². The van der Waals surface area contributed by atoms with Crippen LogP contribution in [0.5, 0.6) is 0 Å². The summed E-state index contributed by atoms with van der Waals surface area (Å²) < 4.78 is 0. The lowest BCUT2D eigenvalue weighted by Crippen LogP contribution is -2.24. The molecule has 0 radical (unpaired) electrons. The molecule has 0 fully saturated rings. The van der Waals surface area contributed by atoms with Gasteiger partial charge in [-0.05, 0) is 24.3 Å². The van der Waals surface area contributed by atoms with Gasteiger partial charge in [-0.25, -0.2) is 0 Å². The highest BCUT2D eigenvalue weighted by Crippen LogP contribution is 2.35. The predicted octanol–water partition coefficient (Wildman–Crippen LogP) is 3.30. The van der Waals surface area contributed by atoms with Crippen LogP contribution in [-0.4, -0.2) is 17.5 Å². The number of rotatable bonds is 2. The van der Waals surface area contributed by atoms with Crippen molar-refractivity contribution < 1.29 is 14.4 Å². The molecule has 1 aliphatic rings. The molecule has 3 N–H and O–H groups in total. The largest absolute Gasteiger partial charge is 0.397 e. The first-order chi connectivity index (χ1) is 12.6. The number of hydrogen-bond donors (Lipinski definition) is 2. The minimum atomic E-state index is -0.398. The summed E-state index contributed by atoms with van der Waals surface area (Å²) in [4.78, 5) is 38.3. The molecule has 0 atom stereocenters. The van der Waals surface area contributed by atoms with Crippen molar-refractivity contribution in [2.24, 2.45) is 0 Å². The molecule has 0 unspecified atom stereocenters. The molecule has 1 aliphatic carbocycles. The van der Waals surface area contributed by atoms with Crippen LogP contribution in [-0.2, 0) is 0 Å². The Balaban J connectivity index is 1.84. The summed E-state index contributed by atoms with van der Waals surface area (Å²) in [5, 5.41) is 2.70. The number of nitrogens with one attached hydrogen (secondary N) is 1. The van der Waals surface area contributed by atoms with E-state index in [-0.39, 0.29) is 34.1 Å². The second-order valence-electron chi connectivity index (χ2n) is 5.98. The number of fused-ring (bicyclic) bond motifs is 2. The predicted molar refractivity (Wildman–Crippen MR) is 98.6 cm³/mol. The van der Waals surface area contributed by atoms with Gasteiger partial charge >= 0.3 is 0 Å². The minimum absolute atomic E-state index is 0.137. The fourth-order valence-electron chi connectivity index (χ4n) is 3.11. The highest BCUT2D eigenvalue weighted by atomic mass is 16.2. The zero-order valence-electron chi connectivity index (χ0n) is 13.7. The van der Waals surface area contributed by atoms with Crippen LogP contribution in [0.3, 0.4) is 0 Å². The van der Waals surface area contributed by atoms with Gasteiger partial charge < -0.3 is 11.1 Å². The number of ketones is 2. The molecule has 0 aromatic heterocycles. The van der Waals surface area contributed by atoms with E-state index in [0.29, 0.717) is 16.7 Å². The topological polar surface area (TPSA) is 89.3 Å². The van der Waals surface area contributed by atoms with Gasteiger partial charge in [-0.1, -0.05) is 42.5 Å². The van der Waals surface area contributed by atoms with Crippen molar-refractivity contribution in [3.8, 4) is 0 Å². The van der Waals surface area contributed by atoms with Crippen LogP contribution in [0, 0.1) is 0 Å². The summed E-state index contributed by atoms with van der Waals surface area (Å²) in [7, 11) is 0. The third kappa shape index (κ3) is 2.38. The quantitative estimate of drug-likeness (QED) is 0.547. The van der Waals surface area contributed by atoms with Gasteiger partial charge in [-0.3, -0.25) is 14.4 Å². The number of anilines is 2. The van der Waals surface area contributed by atoms with Crippen molar-refractivity contribution in [2.75, 3.05) is 11.1 Å². The van der Waals surface area contributed by atoms with Crippen molar-refractivity contribution in [1.82, 2.24) is 0 Å². The van der Waals surface area contributed by atoms with E-state index in [0.717, 1.165) is 0 Å². The first-order valence-electron chi connectivity index (χ1n) is 8.05. The lowest BCUT2D eigenvalue weighted by atomic mass is 9.83. The summed E-state index contributed by atoms with van der Waals surface area (Å²) in [6.07, 6.45) is 0. The SMILES string of the molecule is Nc1ccc2c(c1NC(=O)c1ccccc1)C(=O)c1ccccc1C2=O. The van der Waals surface area contributed by atoms with Crippen LogP contribution in [0.2, 0.25) is 0 Å². The van der Waals surface area contributed by atoms with Crippen LogP contribution in [0.25, 0.3) is 0 Å². The molecule has 5 heteroatoms. The molecule has 0 bridgehead atoms. The van der Waals surface area contributed by atoms with Crippen molar-refractivity contribution in [3.63, 3.8) is 0 Å². The molecule has 3 aromatic carbocycles. The molecule has 5 nitrogen and oxygen atoms in total. The van der Waals surface area contributed by atoms with Crippen molar-refractivity contribution in [1.29, 1.82) is 0 Å². The second-order valence-corrected chi connectivity index (χ2v) is 5.98. The Labute approximate surface area is 149 Å². The van der Waals surface area contributed by atoms with E-state index in [1.807, 2.05) is 0 Å². The Kier molecular flexibility index (Phi) is 3.62. The average Bonchev–Trinajstić information content (AvgIpc) is 2.68. The first kappa shape index (κ1) is 15.8. The van der Waals surface area contributed by atoms with E-state index < -0.39 is 5.91 Å². The molecule has 3 aromatic rings. The van der Waals surface area contributed by atoms with Crippen LogP contribution < -0.4 is 11.1 Å². The van der Waals surface area contributed by atoms with E-state index in [1.165, 1.54) is 12.1 Å². The molecule has 0 heterocycles. The smallest absolute Gasteiger partial charge is 0.255 e. The molecular formula is C21H14N2O3. The van der Waals surface area contributed by atoms with E-state index in [1.54, 1.807) is 54.6 Å². The summed E-state index contributed by atoms with van der Waals surface area (Å²) in [5.74, 6) is -0.985. The van der Waals surface area contributed by atoms with E-state index in [4.69, 9.17) is 5.73 Å². The summed E-state index contributed by atoms with van der Waals surface area (Å²) in [6.45, 7) is 0. The minimum Gasteiger partial charge on any atom is -0.397 e. The summed E-state index contributed by atoms with van der Waals surface area (Å²) in [6, 6.07) is 18.3. The standard InChI is InChI=1S/C21H14N2O3/c22-16-11-10-15-17(18(16)23-21(26)12-6-2-1-3-7-12)20(25)14-9-5-4-8-13(14)19(15)24/h1-11H,22H2,(H,23,26). The van der Waals surface area contributed by atoms with Gasteiger partial charge in [-0.2, -0.15) is 0 Å². The van der Waals surface area contributed by atoms with Gasteiger partial charge in [0, 0.05) is 22.3 Å². The molecule has 4 rings (SSSR count). The van der Waals surface area contributed by atoms with Gasteiger partial charge in [0.05, 0.1) is 16.9 Å². The second kappa shape index (κ2) is 5.97. The van der Waals surface area contributed by atoms with Crippen molar-refractivity contribution in [2.45, 2.75) is 0 Å². The summed E-state index contributed by atoms with van der Waals surface area (Å²) in [5.41, 5.74) is 7.90. The van der Waals surface area contributed by atoms with Gasteiger partial charge in [0.15, 0.2) is 11.6 Å². The fourth-order valence-corrected chi connectivity index (χ4v) is 3.11. The number of nitrogens with two attached hydrogens (primary N) is 1. The zero-order chi connectivity index (χ0) is 18.3. The maximum Gasteiger partial charge on any atom is 0.255 e. The van der Waals surface area contributed by atoms with Gasteiger partial charge in [0.1, 0.15) is 0 Å². The maximum absolute atomic E-state index is 13.0. The molecule has 0 saturated heterocycles. The van der Waals surface area contributed by atoms with Crippen molar-refractivity contribution >= 4 is 28.8 Å². The molecule has 126 valence electrons. The number of benzene rings is 3. The van der Waals surface area contributed by atoms with Gasteiger partial charge in [0.25, 0.3) is 5.91 Å². The number of nitrogen functional groups attached to an aromatic ring is 1. The third-order valence-corrected chi connectivity index (χ3v) is 4.40. The Morgan fingerprint density at radius 2 is 1.35 bits per heavy atom. The molecule has 26 heavy (non-hydrogen) atoms. The van der Waals surface area contributed by atoms with Crippen LogP contribution >= 0.6 is 0 Å². The molecule has 0 aliphatic heterocycles. The monoisotopic (exact) mass is 342 g/mol. The van der Waals surface area contributed by atoms with Crippen LogP contribution in [0.4, 0.5) is 11.4 Å². The highest BCUT2D eigenvalue weighted by molar-refractivity contribution is 6.31.